The van der Waals surface area contributed by atoms with Crippen molar-refractivity contribution in [1.29, 1.82) is 0 Å². The summed E-state index contributed by atoms with van der Waals surface area (Å²) >= 11 is 0. The second-order valence-electron chi connectivity index (χ2n) is 3.93. The standard InChI is InChI=1S/C16H14O3/c1-3-13-7-4-5-8-14(13)11-19-16(17)12(2)15-9-6-10-18-15/h3-10H,1-2,11H2. The van der Waals surface area contributed by atoms with E-state index < -0.39 is 5.97 Å². The molecule has 0 amide bonds. The zero-order valence-corrected chi connectivity index (χ0v) is 10.5. The Morgan fingerprint density at radius 3 is 2.74 bits per heavy atom. The van der Waals surface area contributed by atoms with Crippen molar-refractivity contribution in [2.45, 2.75) is 6.61 Å². The summed E-state index contributed by atoms with van der Waals surface area (Å²) in [6.07, 6.45) is 3.21. The molecule has 0 radical (unpaired) electrons. The Bertz CT molecular complexity index is 594. The van der Waals surface area contributed by atoms with Crippen LogP contribution < -0.4 is 0 Å². The van der Waals surface area contributed by atoms with Crippen LogP contribution in [0.2, 0.25) is 0 Å². The van der Waals surface area contributed by atoms with Gasteiger partial charge in [0, 0.05) is 0 Å². The fourth-order valence-corrected chi connectivity index (χ4v) is 1.65. The summed E-state index contributed by atoms with van der Waals surface area (Å²) in [5, 5.41) is 0. The Balaban J connectivity index is 2.01. The largest absolute Gasteiger partial charge is 0.464 e. The van der Waals surface area contributed by atoms with Crippen molar-refractivity contribution >= 4 is 17.6 Å². The fourth-order valence-electron chi connectivity index (χ4n) is 1.65. The molecule has 0 saturated heterocycles. The number of ether oxygens (including phenoxy) is 1. The molecule has 96 valence electrons. The number of esters is 1. The van der Waals surface area contributed by atoms with E-state index in [1.54, 1.807) is 18.2 Å². The van der Waals surface area contributed by atoms with Crippen molar-refractivity contribution in [3.8, 4) is 0 Å². The van der Waals surface area contributed by atoms with E-state index in [2.05, 4.69) is 13.2 Å². The van der Waals surface area contributed by atoms with Gasteiger partial charge in [0.05, 0.1) is 11.8 Å². The van der Waals surface area contributed by atoms with Gasteiger partial charge in [0.15, 0.2) is 0 Å². The smallest absolute Gasteiger partial charge is 0.341 e. The molecule has 1 aromatic heterocycles. The molecule has 2 aromatic rings. The number of hydrogen-bond donors (Lipinski definition) is 0. The predicted octanol–water partition coefficient (Wildman–Crippen LogP) is 3.68. The zero-order valence-electron chi connectivity index (χ0n) is 10.5. The van der Waals surface area contributed by atoms with Crippen LogP contribution in [0.15, 0.2) is 60.2 Å². The Labute approximate surface area is 111 Å². The zero-order chi connectivity index (χ0) is 13.7. The SMILES string of the molecule is C=Cc1ccccc1COC(=O)C(=C)c1ccco1. The lowest BCUT2D eigenvalue weighted by Gasteiger charge is -2.08. The van der Waals surface area contributed by atoms with Crippen LogP contribution in [0.5, 0.6) is 0 Å². The molecule has 0 fully saturated rings. The van der Waals surface area contributed by atoms with E-state index in [-0.39, 0.29) is 12.2 Å². The molecule has 3 heteroatoms. The highest BCUT2D eigenvalue weighted by molar-refractivity contribution is 6.14. The lowest BCUT2D eigenvalue weighted by atomic mass is 10.1. The Kier molecular flexibility index (Phi) is 3.98. The van der Waals surface area contributed by atoms with Gasteiger partial charge in [-0.3, -0.25) is 0 Å². The first-order valence-corrected chi connectivity index (χ1v) is 5.82. The average molecular weight is 254 g/mol. The molecule has 0 spiro atoms. The van der Waals surface area contributed by atoms with Crippen LogP contribution in [0.3, 0.4) is 0 Å². The minimum Gasteiger partial charge on any atom is -0.464 e. The van der Waals surface area contributed by atoms with Crippen molar-refractivity contribution in [2.24, 2.45) is 0 Å². The summed E-state index contributed by atoms with van der Waals surface area (Å²) in [4.78, 5) is 11.8. The predicted molar refractivity (Wildman–Crippen MR) is 74.1 cm³/mol. The van der Waals surface area contributed by atoms with Gasteiger partial charge in [0.1, 0.15) is 12.4 Å². The van der Waals surface area contributed by atoms with Gasteiger partial charge in [0.2, 0.25) is 0 Å². The molecular weight excluding hydrogens is 240 g/mol. The topological polar surface area (TPSA) is 39.4 Å². The highest BCUT2D eigenvalue weighted by Gasteiger charge is 2.13. The van der Waals surface area contributed by atoms with Crippen molar-refractivity contribution in [3.05, 3.63) is 72.7 Å². The molecule has 0 saturated carbocycles. The Morgan fingerprint density at radius 1 is 1.26 bits per heavy atom. The number of hydrogen-bond acceptors (Lipinski definition) is 3. The summed E-state index contributed by atoms with van der Waals surface area (Å²) in [6, 6.07) is 11.0. The molecule has 2 rings (SSSR count). The quantitative estimate of drug-likeness (QED) is 0.603. The van der Waals surface area contributed by atoms with Gasteiger partial charge in [-0.15, -0.1) is 0 Å². The molecule has 0 atom stereocenters. The molecule has 0 aliphatic heterocycles. The minimum atomic E-state index is -0.492. The summed E-state index contributed by atoms with van der Waals surface area (Å²) in [6.45, 7) is 7.57. The lowest BCUT2D eigenvalue weighted by Crippen LogP contribution is -2.06. The monoisotopic (exact) mass is 254 g/mol. The Morgan fingerprint density at radius 2 is 2.05 bits per heavy atom. The van der Waals surface area contributed by atoms with Crippen molar-refractivity contribution in [3.63, 3.8) is 0 Å². The molecule has 19 heavy (non-hydrogen) atoms. The van der Waals surface area contributed by atoms with Gasteiger partial charge in [-0.1, -0.05) is 43.5 Å². The maximum absolute atomic E-state index is 11.8. The van der Waals surface area contributed by atoms with Crippen LogP contribution in [0.1, 0.15) is 16.9 Å². The van der Waals surface area contributed by atoms with Crippen molar-refractivity contribution < 1.29 is 13.9 Å². The van der Waals surface area contributed by atoms with Gasteiger partial charge in [0.25, 0.3) is 0 Å². The molecule has 3 nitrogen and oxygen atoms in total. The molecule has 1 aromatic carbocycles. The van der Waals surface area contributed by atoms with E-state index in [1.807, 2.05) is 24.3 Å². The van der Waals surface area contributed by atoms with Gasteiger partial charge in [-0.25, -0.2) is 4.79 Å². The summed E-state index contributed by atoms with van der Waals surface area (Å²) < 4.78 is 10.3. The van der Waals surface area contributed by atoms with E-state index in [0.717, 1.165) is 11.1 Å². The second kappa shape index (κ2) is 5.87. The van der Waals surface area contributed by atoms with Crippen LogP contribution >= 0.6 is 0 Å². The van der Waals surface area contributed by atoms with Gasteiger partial charge < -0.3 is 9.15 Å². The van der Waals surface area contributed by atoms with Crippen LogP contribution in [0, 0.1) is 0 Å². The molecular formula is C16H14O3. The minimum absolute atomic E-state index is 0.181. The fraction of sp³-hybridized carbons (Fsp3) is 0.0625. The summed E-state index contributed by atoms with van der Waals surface area (Å²) in [7, 11) is 0. The van der Waals surface area contributed by atoms with Crippen molar-refractivity contribution in [1.82, 2.24) is 0 Å². The van der Waals surface area contributed by atoms with Crippen molar-refractivity contribution in [2.75, 3.05) is 0 Å². The highest BCUT2D eigenvalue weighted by Crippen LogP contribution is 2.16. The third-order valence-corrected chi connectivity index (χ3v) is 2.70. The molecule has 0 aliphatic carbocycles. The first-order valence-electron chi connectivity index (χ1n) is 5.82. The number of carbonyl (C=O) groups is 1. The maximum Gasteiger partial charge on any atom is 0.341 e. The van der Waals surface area contributed by atoms with E-state index in [4.69, 9.17) is 9.15 Å². The van der Waals surface area contributed by atoms with Crippen LogP contribution in [-0.4, -0.2) is 5.97 Å². The number of benzene rings is 1. The highest BCUT2D eigenvalue weighted by atomic mass is 16.5. The number of furan rings is 1. The van der Waals surface area contributed by atoms with E-state index in [9.17, 15) is 4.79 Å². The first kappa shape index (κ1) is 12.9. The van der Waals surface area contributed by atoms with Gasteiger partial charge in [-0.05, 0) is 23.3 Å². The van der Waals surface area contributed by atoms with Gasteiger partial charge in [-0.2, -0.15) is 0 Å². The van der Waals surface area contributed by atoms with Gasteiger partial charge >= 0.3 is 5.97 Å². The van der Waals surface area contributed by atoms with Crippen LogP contribution in [0.25, 0.3) is 11.6 Å². The van der Waals surface area contributed by atoms with E-state index in [1.165, 1.54) is 6.26 Å². The normalized spacial score (nSPS) is 9.89. The number of rotatable bonds is 5. The summed E-state index contributed by atoms with van der Waals surface area (Å²) in [5.41, 5.74) is 2.05. The maximum atomic E-state index is 11.8. The Hall–Kier alpha value is -2.55. The van der Waals surface area contributed by atoms with E-state index >= 15 is 0 Å². The third-order valence-electron chi connectivity index (χ3n) is 2.70. The molecule has 0 bridgehead atoms. The van der Waals surface area contributed by atoms with Crippen LogP contribution in [0.4, 0.5) is 0 Å². The average Bonchev–Trinajstić information content (AvgIpc) is 2.98. The first-order chi connectivity index (χ1) is 9.22. The molecule has 0 N–H and O–H groups in total. The van der Waals surface area contributed by atoms with E-state index in [0.29, 0.717) is 5.76 Å². The third kappa shape index (κ3) is 3.01. The summed E-state index contributed by atoms with van der Waals surface area (Å²) in [5.74, 6) is -0.0733. The second-order valence-corrected chi connectivity index (χ2v) is 3.93. The lowest BCUT2D eigenvalue weighted by molar-refractivity contribution is -0.137. The molecule has 1 heterocycles. The van der Waals surface area contributed by atoms with Crippen LogP contribution in [-0.2, 0) is 16.1 Å². The molecule has 0 aliphatic rings. The molecule has 0 unspecified atom stereocenters. The number of carbonyl (C=O) groups excluding carboxylic acids is 1.